The fourth-order valence-corrected chi connectivity index (χ4v) is 2.44. The molecule has 0 amide bonds. The van der Waals surface area contributed by atoms with E-state index in [0.29, 0.717) is 16.5 Å². The first-order chi connectivity index (χ1) is 10.7. The predicted molar refractivity (Wildman–Crippen MR) is 85.6 cm³/mol. The molecule has 1 N–H and O–H groups in total. The number of aromatic nitrogens is 5. The largest absolute Gasteiger partial charge is 0.337 e. The van der Waals surface area contributed by atoms with Gasteiger partial charge in [0, 0.05) is 10.7 Å². The topological polar surface area (TPSA) is 68.0 Å². The van der Waals surface area contributed by atoms with Gasteiger partial charge in [-0.15, -0.1) is 5.10 Å². The second-order valence-corrected chi connectivity index (χ2v) is 5.44. The number of rotatable bonds is 2. The first kappa shape index (κ1) is 13.0. The lowest BCUT2D eigenvalue weighted by molar-refractivity contribution is 0.840. The van der Waals surface area contributed by atoms with Crippen molar-refractivity contribution in [1.29, 1.82) is 0 Å². The zero-order valence-electron chi connectivity index (χ0n) is 11.7. The number of anilines is 2. The summed E-state index contributed by atoms with van der Waals surface area (Å²) in [7, 11) is 0. The Balaban J connectivity index is 1.90. The number of hydrogen-bond acceptors (Lipinski definition) is 5. The molecule has 0 atom stereocenters. The van der Waals surface area contributed by atoms with Crippen LogP contribution in [-0.2, 0) is 0 Å². The molecule has 0 fully saturated rings. The van der Waals surface area contributed by atoms with Crippen molar-refractivity contribution in [3.63, 3.8) is 0 Å². The fourth-order valence-electron chi connectivity index (χ4n) is 2.32. The lowest BCUT2D eigenvalue weighted by atomic mass is 10.2. The van der Waals surface area contributed by atoms with Gasteiger partial charge in [-0.25, -0.2) is 4.98 Å². The molecule has 4 aromatic rings. The zero-order valence-corrected chi connectivity index (χ0v) is 12.4. The highest BCUT2D eigenvalue weighted by atomic mass is 35.5. The van der Waals surface area contributed by atoms with Crippen molar-refractivity contribution >= 4 is 39.8 Å². The van der Waals surface area contributed by atoms with Crippen molar-refractivity contribution < 1.29 is 0 Å². The minimum atomic E-state index is 0.577. The summed E-state index contributed by atoms with van der Waals surface area (Å²) >= 11 is 5.91. The van der Waals surface area contributed by atoms with Gasteiger partial charge in [-0.05, 0) is 59.3 Å². The summed E-state index contributed by atoms with van der Waals surface area (Å²) < 4.78 is 1.69. The van der Waals surface area contributed by atoms with Crippen LogP contribution in [0.5, 0.6) is 0 Å². The maximum absolute atomic E-state index is 5.91. The van der Waals surface area contributed by atoms with Gasteiger partial charge in [-0.2, -0.15) is 4.52 Å². The molecular formula is C15H11ClN6. The Morgan fingerprint density at radius 3 is 2.73 bits per heavy atom. The van der Waals surface area contributed by atoms with Crippen LogP contribution in [0.1, 0.15) is 5.56 Å². The van der Waals surface area contributed by atoms with Gasteiger partial charge in [0.1, 0.15) is 0 Å². The van der Waals surface area contributed by atoms with E-state index in [-0.39, 0.29) is 0 Å². The van der Waals surface area contributed by atoms with Crippen molar-refractivity contribution in [2.24, 2.45) is 0 Å². The van der Waals surface area contributed by atoms with E-state index in [1.54, 1.807) is 4.52 Å². The number of fused-ring (bicyclic) bond motifs is 3. The summed E-state index contributed by atoms with van der Waals surface area (Å²) in [6, 6.07) is 13.4. The average molecular weight is 311 g/mol. The summed E-state index contributed by atoms with van der Waals surface area (Å²) in [6.45, 7) is 2.02. The monoisotopic (exact) mass is 310 g/mol. The molecule has 6 nitrogen and oxygen atoms in total. The molecule has 0 unspecified atom stereocenters. The van der Waals surface area contributed by atoms with E-state index in [4.69, 9.17) is 11.6 Å². The third-order valence-electron chi connectivity index (χ3n) is 3.38. The Kier molecular flexibility index (Phi) is 2.90. The molecule has 4 rings (SSSR count). The molecule has 22 heavy (non-hydrogen) atoms. The molecule has 2 heterocycles. The highest BCUT2D eigenvalue weighted by Crippen LogP contribution is 2.23. The Morgan fingerprint density at radius 1 is 1.09 bits per heavy atom. The van der Waals surface area contributed by atoms with Crippen LogP contribution in [0.25, 0.3) is 16.7 Å². The number of halogens is 1. The molecule has 0 aliphatic heterocycles. The van der Waals surface area contributed by atoms with Gasteiger partial charge in [0.25, 0.3) is 0 Å². The molecule has 0 radical (unpaired) electrons. The van der Waals surface area contributed by atoms with Crippen LogP contribution in [0.2, 0.25) is 5.02 Å². The van der Waals surface area contributed by atoms with Gasteiger partial charge >= 0.3 is 0 Å². The van der Waals surface area contributed by atoms with Crippen molar-refractivity contribution in [1.82, 2.24) is 25.0 Å². The molecule has 2 aromatic heterocycles. The second kappa shape index (κ2) is 4.92. The van der Waals surface area contributed by atoms with Crippen LogP contribution < -0.4 is 5.32 Å². The van der Waals surface area contributed by atoms with Crippen LogP contribution in [0.15, 0.2) is 42.5 Å². The SMILES string of the molecule is Cc1ccc2nc(Nc3ccc(Cl)cc3)c3nnnn3c2c1. The molecule has 0 saturated heterocycles. The van der Waals surface area contributed by atoms with Gasteiger partial charge in [0.05, 0.1) is 11.0 Å². The number of nitrogens with one attached hydrogen (secondary N) is 1. The predicted octanol–water partition coefficient (Wildman–Crippen LogP) is 3.38. The number of aryl methyl sites for hydroxylation is 1. The van der Waals surface area contributed by atoms with Crippen LogP contribution >= 0.6 is 11.6 Å². The summed E-state index contributed by atoms with van der Waals surface area (Å²) in [5.41, 5.74) is 4.27. The number of benzene rings is 2. The van der Waals surface area contributed by atoms with E-state index >= 15 is 0 Å². The quantitative estimate of drug-likeness (QED) is 0.614. The van der Waals surface area contributed by atoms with E-state index in [2.05, 4.69) is 25.8 Å². The summed E-state index contributed by atoms with van der Waals surface area (Å²) in [5.74, 6) is 0.601. The normalized spacial score (nSPS) is 11.2. The lowest BCUT2D eigenvalue weighted by Crippen LogP contribution is -2.01. The van der Waals surface area contributed by atoms with E-state index in [0.717, 1.165) is 22.3 Å². The van der Waals surface area contributed by atoms with Gasteiger partial charge in [0.2, 0.25) is 5.65 Å². The number of tetrazole rings is 1. The maximum Gasteiger partial charge on any atom is 0.222 e. The molecule has 108 valence electrons. The third kappa shape index (κ3) is 2.14. The smallest absolute Gasteiger partial charge is 0.222 e. The van der Waals surface area contributed by atoms with E-state index < -0.39 is 0 Å². The lowest BCUT2D eigenvalue weighted by Gasteiger charge is -2.08. The molecule has 0 aliphatic carbocycles. The number of hydrogen-bond donors (Lipinski definition) is 1. The Hall–Kier alpha value is -2.73. The van der Waals surface area contributed by atoms with Crippen molar-refractivity contribution in [2.75, 3.05) is 5.32 Å². The first-order valence-corrected chi connectivity index (χ1v) is 7.09. The molecule has 0 spiro atoms. The molecule has 7 heteroatoms. The summed E-state index contributed by atoms with van der Waals surface area (Å²) in [4.78, 5) is 4.63. The minimum absolute atomic E-state index is 0.577. The van der Waals surface area contributed by atoms with Gasteiger partial charge in [-0.3, -0.25) is 0 Å². The van der Waals surface area contributed by atoms with Crippen LogP contribution in [0.4, 0.5) is 11.5 Å². The second-order valence-electron chi connectivity index (χ2n) is 5.00. The Morgan fingerprint density at radius 2 is 1.91 bits per heavy atom. The molecule has 0 aliphatic rings. The molecule has 0 saturated carbocycles. The molecule has 2 aromatic carbocycles. The third-order valence-corrected chi connectivity index (χ3v) is 3.63. The average Bonchev–Trinajstić information content (AvgIpc) is 3.00. The minimum Gasteiger partial charge on any atom is -0.337 e. The van der Waals surface area contributed by atoms with Crippen molar-refractivity contribution in [2.45, 2.75) is 6.92 Å². The van der Waals surface area contributed by atoms with Crippen LogP contribution in [0.3, 0.4) is 0 Å². The maximum atomic E-state index is 5.91. The van der Waals surface area contributed by atoms with E-state index in [1.807, 2.05) is 49.4 Å². The first-order valence-electron chi connectivity index (χ1n) is 6.72. The zero-order chi connectivity index (χ0) is 15.1. The van der Waals surface area contributed by atoms with Gasteiger partial charge in [0.15, 0.2) is 5.82 Å². The number of nitrogens with zero attached hydrogens (tertiary/aromatic N) is 5. The van der Waals surface area contributed by atoms with Crippen molar-refractivity contribution in [3.05, 3.63) is 53.1 Å². The molecule has 0 bridgehead atoms. The standard InChI is InChI=1S/C15H11ClN6/c1-9-2-7-12-13(8-9)22-15(19-20-21-22)14(18-12)17-11-5-3-10(16)4-6-11/h2-8H,1H3,(H,17,18). The van der Waals surface area contributed by atoms with Gasteiger partial charge < -0.3 is 5.32 Å². The fraction of sp³-hybridized carbons (Fsp3) is 0.0667. The highest BCUT2D eigenvalue weighted by molar-refractivity contribution is 6.30. The summed E-state index contributed by atoms with van der Waals surface area (Å²) in [5, 5.41) is 15.8. The van der Waals surface area contributed by atoms with E-state index in [9.17, 15) is 0 Å². The van der Waals surface area contributed by atoms with Crippen molar-refractivity contribution in [3.8, 4) is 0 Å². The molecular weight excluding hydrogens is 300 g/mol. The Bertz CT molecular complexity index is 977. The highest BCUT2D eigenvalue weighted by Gasteiger charge is 2.12. The van der Waals surface area contributed by atoms with Crippen LogP contribution in [0, 0.1) is 6.92 Å². The summed E-state index contributed by atoms with van der Waals surface area (Å²) in [6.07, 6.45) is 0. The van der Waals surface area contributed by atoms with E-state index in [1.165, 1.54) is 0 Å². The van der Waals surface area contributed by atoms with Crippen LogP contribution in [-0.4, -0.2) is 25.0 Å². The Labute approximate surface area is 130 Å². The van der Waals surface area contributed by atoms with Gasteiger partial charge in [-0.1, -0.05) is 17.7 Å².